The predicted octanol–water partition coefficient (Wildman–Crippen LogP) is 5.75. The van der Waals surface area contributed by atoms with Crippen molar-refractivity contribution in [1.82, 2.24) is 0 Å². The van der Waals surface area contributed by atoms with Crippen molar-refractivity contribution in [1.29, 1.82) is 0 Å². The summed E-state index contributed by atoms with van der Waals surface area (Å²) in [6, 6.07) is 18.8. The summed E-state index contributed by atoms with van der Waals surface area (Å²) in [5, 5.41) is 0. The van der Waals surface area contributed by atoms with Gasteiger partial charge in [-0.25, -0.2) is 0 Å². The SMILES string of the molecule is CCCCCCCC(=O)Cc1ccccc1Cc1ccccc1. The predicted molar refractivity (Wildman–Crippen MR) is 97.8 cm³/mol. The second-order valence-electron chi connectivity index (χ2n) is 6.31. The molecule has 23 heavy (non-hydrogen) atoms. The smallest absolute Gasteiger partial charge is 0.137 e. The minimum absolute atomic E-state index is 0.377. The number of hydrogen-bond donors (Lipinski definition) is 0. The lowest BCUT2D eigenvalue weighted by Crippen LogP contribution is -2.05. The Bertz CT molecular complexity index is 586. The average Bonchev–Trinajstić information content (AvgIpc) is 2.57. The molecule has 0 N–H and O–H groups in total. The Labute approximate surface area is 140 Å². The summed E-state index contributed by atoms with van der Waals surface area (Å²) in [6.45, 7) is 2.22. The fourth-order valence-electron chi connectivity index (χ4n) is 2.94. The van der Waals surface area contributed by atoms with E-state index in [2.05, 4.69) is 49.4 Å². The Balaban J connectivity index is 1.88. The van der Waals surface area contributed by atoms with Gasteiger partial charge in [-0.15, -0.1) is 0 Å². The lowest BCUT2D eigenvalue weighted by molar-refractivity contribution is -0.118. The van der Waals surface area contributed by atoms with E-state index in [4.69, 9.17) is 0 Å². The van der Waals surface area contributed by atoms with Gasteiger partial charge < -0.3 is 0 Å². The van der Waals surface area contributed by atoms with Crippen LogP contribution in [0.2, 0.25) is 0 Å². The number of rotatable bonds is 10. The van der Waals surface area contributed by atoms with E-state index in [0.29, 0.717) is 12.2 Å². The van der Waals surface area contributed by atoms with E-state index < -0.39 is 0 Å². The van der Waals surface area contributed by atoms with E-state index in [1.165, 1.54) is 42.4 Å². The van der Waals surface area contributed by atoms with Crippen LogP contribution in [0, 0.1) is 0 Å². The number of ketones is 1. The molecule has 0 amide bonds. The molecule has 0 bridgehead atoms. The first-order valence-corrected chi connectivity index (χ1v) is 8.92. The molecule has 1 nitrogen and oxygen atoms in total. The molecule has 0 fully saturated rings. The van der Waals surface area contributed by atoms with Gasteiger partial charge in [-0.2, -0.15) is 0 Å². The van der Waals surface area contributed by atoms with Crippen LogP contribution in [0.25, 0.3) is 0 Å². The summed E-state index contributed by atoms with van der Waals surface area (Å²) in [6.07, 6.45) is 8.23. The summed E-state index contributed by atoms with van der Waals surface area (Å²) in [5.41, 5.74) is 3.76. The second-order valence-corrected chi connectivity index (χ2v) is 6.31. The molecule has 0 radical (unpaired) electrons. The number of carbonyl (C=O) groups is 1. The molecular formula is C22H28O. The highest BCUT2D eigenvalue weighted by molar-refractivity contribution is 5.81. The number of benzene rings is 2. The fraction of sp³-hybridized carbons (Fsp3) is 0.409. The van der Waals surface area contributed by atoms with Gasteiger partial charge in [0.15, 0.2) is 0 Å². The van der Waals surface area contributed by atoms with Gasteiger partial charge in [-0.05, 0) is 29.5 Å². The van der Waals surface area contributed by atoms with Gasteiger partial charge in [0.2, 0.25) is 0 Å². The lowest BCUT2D eigenvalue weighted by Gasteiger charge is -2.09. The molecule has 2 aromatic rings. The highest BCUT2D eigenvalue weighted by Gasteiger charge is 2.08. The first kappa shape index (κ1) is 17.5. The zero-order chi connectivity index (χ0) is 16.3. The van der Waals surface area contributed by atoms with E-state index in [0.717, 1.165) is 19.3 Å². The number of carbonyl (C=O) groups excluding carboxylic acids is 1. The lowest BCUT2D eigenvalue weighted by atomic mass is 9.95. The molecule has 1 heteroatoms. The minimum Gasteiger partial charge on any atom is -0.299 e. The monoisotopic (exact) mass is 308 g/mol. The normalized spacial score (nSPS) is 10.7. The van der Waals surface area contributed by atoms with Crippen molar-refractivity contribution in [3.8, 4) is 0 Å². The largest absolute Gasteiger partial charge is 0.299 e. The third kappa shape index (κ3) is 6.40. The summed E-state index contributed by atoms with van der Waals surface area (Å²) in [7, 11) is 0. The van der Waals surface area contributed by atoms with Crippen molar-refractivity contribution in [2.24, 2.45) is 0 Å². The van der Waals surface area contributed by atoms with Crippen LogP contribution in [-0.2, 0) is 17.6 Å². The molecule has 0 aliphatic rings. The van der Waals surface area contributed by atoms with Crippen molar-refractivity contribution in [2.75, 3.05) is 0 Å². The Morgan fingerprint density at radius 1 is 0.783 bits per heavy atom. The topological polar surface area (TPSA) is 17.1 Å². The standard InChI is InChI=1S/C22H28O/c1-2-3-4-5-9-16-22(23)18-21-15-11-10-14-20(21)17-19-12-7-6-8-13-19/h6-8,10-15H,2-5,9,16-18H2,1H3. The van der Waals surface area contributed by atoms with E-state index in [1.807, 2.05) is 12.1 Å². The highest BCUT2D eigenvalue weighted by Crippen LogP contribution is 2.16. The molecule has 0 saturated carbocycles. The van der Waals surface area contributed by atoms with Crippen molar-refractivity contribution >= 4 is 5.78 Å². The minimum atomic E-state index is 0.377. The van der Waals surface area contributed by atoms with Crippen LogP contribution in [0.5, 0.6) is 0 Å². The molecule has 0 unspecified atom stereocenters. The van der Waals surface area contributed by atoms with Gasteiger partial charge in [0.25, 0.3) is 0 Å². The Hall–Kier alpha value is -1.89. The maximum absolute atomic E-state index is 12.2. The van der Waals surface area contributed by atoms with E-state index in [-0.39, 0.29) is 0 Å². The number of unbranched alkanes of at least 4 members (excludes halogenated alkanes) is 4. The zero-order valence-electron chi connectivity index (χ0n) is 14.3. The summed E-state index contributed by atoms with van der Waals surface area (Å²) in [5.74, 6) is 0.377. The van der Waals surface area contributed by atoms with Gasteiger partial charge in [-0.3, -0.25) is 4.79 Å². The Morgan fingerprint density at radius 2 is 1.43 bits per heavy atom. The van der Waals surface area contributed by atoms with Gasteiger partial charge in [-0.1, -0.05) is 87.2 Å². The van der Waals surface area contributed by atoms with Gasteiger partial charge in [0, 0.05) is 12.8 Å². The average molecular weight is 308 g/mol. The first-order chi connectivity index (χ1) is 11.3. The van der Waals surface area contributed by atoms with E-state index in [9.17, 15) is 4.79 Å². The highest BCUT2D eigenvalue weighted by atomic mass is 16.1. The van der Waals surface area contributed by atoms with Crippen molar-refractivity contribution in [3.63, 3.8) is 0 Å². The van der Waals surface area contributed by atoms with Gasteiger partial charge in [0.05, 0.1) is 0 Å². The third-order valence-corrected chi connectivity index (χ3v) is 4.30. The molecule has 122 valence electrons. The van der Waals surface area contributed by atoms with E-state index >= 15 is 0 Å². The number of Topliss-reactive ketones (excluding diaryl/α,β-unsaturated/α-hetero) is 1. The molecular weight excluding hydrogens is 280 g/mol. The summed E-state index contributed by atoms with van der Waals surface area (Å²) < 4.78 is 0. The number of hydrogen-bond acceptors (Lipinski definition) is 1. The molecule has 0 aliphatic heterocycles. The van der Waals surface area contributed by atoms with Gasteiger partial charge >= 0.3 is 0 Å². The Kier molecular flexibility index (Phi) is 7.59. The second kappa shape index (κ2) is 9.99. The molecule has 0 heterocycles. The van der Waals surface area contributed by atoms with Crippen molar-refractivity contribution < 1.29 is 4.79 Å². The molecule has 2 rings (SSSR count). The molecule has 0 saturated heterocycles. The summed E-state index contributed by atoms with van der Waals surface area (Å²) >= 11 is 0. The molecule has 0 aliphatic carbocycles. The van der Waals surface area contributed by atoms with Crippen LogP contribution in [0.15, 0.2) is 54.6 Å². The Morgan fingerprint density at radius 3 is 2.17 bits per heavy atom. The zero-order valence-corrected chi connectivity index (χ0v) is 14.3. The maximum Gasteiger partial charge on any atom is 0.137 e. The van der Waals surface area contributed by atoms with Crippen LogP contribution in [-0.4, -0.2) is 5.78 Å². The van der Waals surface area contributed by atoms with Crippen LogP contribution in [0.1, 0.15) is 62.1 Å². The van der Waals surface area contributed by atoms with Crippen LogP contribution in [0.3, 0.4) is 0 Å². The molecule has 0 atom stereocenters. The quantitative estimate of drug-likeness (QED) is 0.511. The third-order valence-electron chi connectivity index (χ3n) is 4.30. The van der Waals surface area contributed by atoms with Gasteiger partial charge in [0.1, 0.15) is 5.78 Å². The molecule has 0 aromatic heterocycles. The maximum atomic E-state index is 12.2. The molecule has 0 spiro atoms. The van der Waals surface area contributed by atoms with Crippen molar-refractivity contribution in [2.45, 2.75) is 58.3 Å². The van der Waals surface area contributed by atoms with Crippen LogP contribution >= 0.6 is 0 Å². The van der Waals surface area contributed by atoms with Crippen molar-refractivity contribution in [3.05, 3.63) is 71.3 Å². The first-order valence-electron chi connectivity index (χ1n) is 8.92. The van der Waals surface area contributed by atoms with Crippen LogP contribution < -0.4 is 0 Å². The molecule has 2 aromatic carbocycles. The van der Waals surface area contributed by atoms with Crippen LogP contribution in [0.4, 0.5) is 0 Å². The summed E-state index contributed by atoms with van der Waals surface area (Å²) in [4.78, 5) is 12.2. The van der Waals surface area contributed by atoms with E-state index in [1.54, 1.807) is 0 Å². The fourth-order valence-corrected chi connectivity index (χ4v) is 2.94.